The molecule has 0 bridgehead atoms. The number of halogens is 2. The molecule has 0 aliphatic rings. The molecule has 1 unspecified atom stereocenters. The standard InChI is InChI=1S/C27H24F2N6O5/c1-33(21-6-8-23(40-2)9-7-21)27(37)24(13-18-10-19(28)14-20(29)11-18)30-26(36)25-16-34(32-31-25)15-17-4-3-5-22(12-17)35(38)39/h3-12,14,16,24H,13,15H2,1-2H3,(H,30,36). The number of likely N-dealkylation sites (N-methyl/N-ethyl adjacent to an activating group) is 1. The Morgan fingerprint density at radius 2 is 1.77 bits per heavy atom. The van der Waals surface area contributed by atoms with Crippen LogP contribution in [0.1, 0.15) is 21.6 Å². The van der Waals surface area contributed by atoms with Crippen molar-refractivity contribution >= 4 is 23.2 Å². The molecule has 1 heterocycles. The number of benzene rings is 3. The highest BCUT2D eigenvalue weighted by atomic mass is 19.1. The Morgan fingerprint density at radius 3 is 2.42 bits per heavy atom. The van der Waals surface area contributed by atoms with E-state index in [4.69, 9.17) is 4.74 Å². The first-order chi connectivity index (χ1) is 19.1. The molecule has 0 saturated heterocycles. The zero-order valence-electron chi connectivity index (χ0n) is 21.5. The first-order valence-electron chi connectivity index (χ1n) is 11.9. The third-order valence-electron chi connectivity index (χ3n) is 5.99. The number of non-ortho nitro benzene ring substituents is 1. The zero-order chi connectivity index (χ0) is 28.8. The van der Waals surface area contributed by atoms with Crippen molar-refractivity contribution in [3.8, 4) is 5.75 Å². The van der Waals surface area contributed by atoms with Gasteiger partial charge in [0.1, 0.15) is 23.4 Å². The van der Waals surface area contributed by atoms with E-state index in [1.807, 2.05) is 0 Å². The molecule has 1 aromatic heterocycles. The second-order valence-corrected chi connectivity index (χ2v) is 8.83. The number of nitrogens with zero attached hydrogens (tertiary/aromatic N) is 5. The van der Waals surface area contributed by atoms with Gasteiger partial charge < -0.3 is 15.0 Å². The van der Waals surface area contributed by atoms with Crippen molar-refractivity contribution in [2.75, 3.05) is 19.1 Å². The summed E-state index contributed by atoms with van der Waals surface area (Å²) in [6, 6.07) is 14.2. The molecule has 40 heavy (non-hydrogen) atoms. The van der Waals surface area contributed by atoms with Crippen molar-refractivity contribution in [2.24, 2.45) is 0 Å². The number of nitro groups is 1. The van der Waals surface area contributed by atoms with Gasteiger partial charge in [0, 0.05) is 37.4 Å². The summed E-state index contributed by atoms with van der Waals surface area (Å²) in [5.74, 6) is -2.35. The van der Waals surface area contributed by atoms with Crippen LogP contribution < -0.4 is 15.0 Å². The minimum absolute atomic E-state index is 0.0910. The molecule has 3 aromatic carbocycles. The Hall–Kier alpha value is -5.20. The summed E-state index contributed by atoms with van der Waals surface area (Å²) in [7, 11) is 3.01. The normalized spacial score (nSPS) is 11.5. The van der Waals surface area contributed by atoms with Crippen LogP contribution >= 0.6 is 0 Å². The molecule has 1 atom stereocenters. The number of aromatic nitrogens is 3. The number of hydrogen-bond donors (Lipinski definition) is 1. The fourth-order valence-corrected chi connectivity index (χ4v) is 4.00. The highest BCUT2D eigenvalue weighted by Gasteiger charge is 2.27. The maximum Gasteiger partial charge on any atom is 0.274 e. The molecule has 0 saturated carbocycles. The number of amides is 2. The second-order valence-electron chi connectivity index (χ2n) is 8.83. The average Bonchev–Trinajstić information content (AvgIpc) is 3.40. The van der Waals surface area contributed by atoms with E-state index in [1.54, 1.807) is 30.3 Å². The van der Waals surface area contributed by atoms with Crippen LogP contribution in [0.5, 0.6) is 5.75 Å². The van der Waals surface area contributed by atoms with E-state index in [0.717, 1.165) is 12.1 Å². The first-order valence-corrected chi connectivity index (χ1v) is 11.9. The lowest BCUT2D eigenvalue weighted by Gasteiger charge is -2.25. The van der Waals surface area contributed by atoms with Gasteiger partial charge in [-0.1, -0.05) is 17.3 Å². The van der Waals surface area contributed by atoms with Crippen molar-refractivity contribution in [1.29, 1.82) is 0 Å². The van der Waals surface area contributed by atoms with Crippen molar-refractivity contribution < 1.29 is 28.0 Å². The maximum atomic E-state index is 13.9. The van der Waals surface area contributed by atoms with Gasteiger partial charge in [0.25, 0.3) is 11.6 Å². The molecule has 11 nitrogen and oxygen atoms in total. The van der Waals surface area contributed by atoms with Crippen LogP contribution in [0.2, 0.25) is 0 Å². The lowest BCUT2D eigenvalue weighted by molar-refractivity contribution is -0.384. The SMILES string of the molecule is COc1ccc(N(C)C(=O)C(Cc2cc(F)cc(F)c2)NC(=O)c2cn(Cc3cccc([N+](=O)[O-])c3)nn2)cc1. The van der Waals surface area contributed by atoms with E-state index in [1.165, 1.54) is 48.1 Å². The maximum absolute atomic E-state index is 13.9. The third-order valence-corrected chi connectivity index (χ3v) is 5.99. The van der Waals surface area contributed by atoms with E-state index < -0.39 is 34.4 Å². The van der Waals surface area contributed by atoms with Gasteiger partial charge in [-0.3, -0.25) is 19.7 Å². The molecule has 0 fully saturated rings. The largest absolute Gasteiger partial charge is 0.497 e. The minimum atomic E-state index is -1.22. The fraction of sp³-hybridized carbons (Fsp3) is 0.185. The second kappa shape index (κ2) is 12.1. The van der Waals surface area contributed by atoms with Gasteiger partial charge in [-0.2, -0.15) is 0 Å². The van der Waals surface area contributed by atoms with Gasteiger partial charge in [-0.05, 0) is 47.5 Å². The summed E-state index contributed by atoms with van der Waals surface area (Å²) >= 11 is 0. The molecule has 0 aliphatic heterocycles. The molecule has 1 N–H and O–H groups in total. The third kappa shape index (κ3) is 6.81. The van der Waals surface area contributed by atoms with E-state index in [-0.39, 0.29) is 29.9 Å². The Balaban J connectivity index is 1.54. The van der Waals surface area contributed by atoms with Crippen LogP contribution in [0, 0.1) is 21.7 Å². The Morgan fingerprint density at radius 1 is 1.07 bits per heavy atom. The summed E-state index contributed by atoms with van der Waals surface area (Å²) in [5.41, 5.74) is 1.01. The Kier molecular flexibility index (Phi) is 8.42. The fourth-order valence-electron chi connectivity index (χ4n) is 4.00. The smallest absolute Gasteiger partial charge is 0.274 e. The summed E-state index contributed by atoms with van der Waals surface area (Å²) < 4.78 is 34.2. The highest BCUT2D eigenvalue weighted by molar-refractivity contribution is 6.01. The number of nitrogens with one attached hydrogen (secondary N) is 1. The number of rotatable bonds is 10. The van der Waals surface area contributed by atoms with Crippen LogP contribution in [0.3, 0.4) is 0 Å². The Labute approximate surface area is 227 Å². The van der Waals surface area contributed by atoms with Gasteiger partial charge in [0.15, 0.2) is 5.69 Å². The van der Waals surface area contributed by atoms with Gasteiger partial charge in [0.05, 0.1) is 24.8 Å². The van der Waals surface area contributed by atoms with Gasteiger partial charge >= 0.3 is 0 Å². The lowest BCUT2D eigenvalue weighted by atomic mass is 10.0. The van der Waals surface area contributed by atoms with Crippen LogP contribution in [0.4, 0.5) is 20.2 Å². The van der Waals surface area contributed by atoms with Gasteiger partial charge in [0.2, 0.25) is 5.91 Å². The molecule has 4 rings (SSSR count). The van der Waals surface area contributed by atoms with Gasteiger partial charge in [-0.15, -0.1) is 5.10 Å². The number of methoxy groups -OCH3 is 1. The summed E-state index contributed by atoms with van der Waals surface area (Å²) in [6.45, 7) is 0.104. The first kappa shape index (κ1) is 27.8. The molecule has 206 valence electrons. The van der Waals surface area contributed by atoms with Crippen LogP contribution in [-0.2, 0) is 17.8 Å². The van der Waals surface area contributed by atoms with Crippen LogP contribution in [0.15, 0.2) is 72.9 Å². The number of anilines is 1. The van der Waals surface area contributed by atoms with Crippen molar-refractivity contribution in [3.05, 3.63) is 111 Å². The number of carbonyl (C=O) groups is 2. The molecule has 0 radical (unpaired) electrons. The van der Waals surface area contributed by atoms with Crippen LogP contribution in [-0.4, -0.2) is 51.9 Å². The Bertz CT molecular complexity index is 1520. The van der Waals surface area contributed by atoms with Crippen molar-refractivity contribution in [2.45, 2.75) is 19.0 Å². The van der Waals surface area contributed by atoms with E-state index in [2.05, 4.69) is 15.6 Å². The molecule has 0 spiro atoms. The molecular formula is C27H24F2N6O5. The quantitative estimate of drug-likeness (QED) is 0.236. The predicted molar refractivity (Wildman–Crippen MR) is 140 cm³/mol. The molecular weight excluding hydrogens is 526 g/mol. The van der Waals surface area contributed by atoms with E-state index in [9.17, 15) is 28.5 Å². The van der Waals surface area contributed by atoms with Crippen molar-refractivity contribution in [1.82, 2.24) is 20.3 Å². The van der Waals surface area contributed by atoms with Crippen LogP contribution in [0.25, 0.3) is 0 Å². The molecule has 13 heteroatoms. The van der Waals surface area contributed by atoms with Crippen molar-refractivity contribution in [3.63, 3.8) is 0 Å². The summed E-state index contributed by atoms with van der Waals surface area (Å²) in [5, 5.41) is 21.4. The average molecular weight is 551 g/mol. The van der Waals surface area contributed by atoms with E-state index >= 15 is 0 Å². The number of nitro benzene ring substituents is 1. The zero-order valence-corrected chi connectivity index (χ0v) is 21.5. The number of ether oxygens (including phenoxy) is 1. The molecule has 2 amide bonds. The minimum Gasteiger partial charge on any atom is -0.497 e. The van der Waals surface area contributed by atoms with Gasteiger partial charge in [-0.25, -0.2) is 13.5 Å². The number of hydrogen-bond acceptors (Lipinski definition) is 7. The summed E-state index contributed by atoms with van der Waals surface area (Å²) in [4.78, 5) is 38.4. The number of carbonyl (C=O) groups excluding carboxylic acids is 2. The summed E-state index contributed by atoms with van der Waals surface area (Å²) in [6.07, 6.45) is 1.12. The predicted octanol–water partition coefficient (Wildman–Crippen LogP) is 3.53. The topological polar surface area (TPSA) is 132 Å². The molecule has 4 aromatic rings. The molecule has 0 aliphatic carbocycles. The monoisotopic (exact) mass is 550 g/mol. The lowest BCUT2D eigenvalue weighted by Crippen LogP contribution is -2.49. The highest BCUT2D eigenvalue weighted by Crippen LogP contribution is 2.20. The van der Waals surface area contributed by atoms with E-state index in [0.29, 0.717) is 23.1 Å².